The maximum atomic E-state index is 5.14. The summed E-state index contributed by atoms with van der Waals surface area (Å²) in [7, 11) is 0. The molecule has 4 heteroatoms. The van der Waals surface area contributed by atoms with Crippen molar-refractivity contribution in [3.05, 3.63) is 81.8 Å². The Bertz CT molecular complexity index is 1200. The number of aryl methyl sites for hydroxylation is 2. The van der Waals surface area contributed by atoms with Crippen molar-refractivity contribution in [1.82, 2.24) is 9.97 Å². The molecule has 5 rings (SSSR count). The Labute approximate surface area is 186 Å². The fourth-order valence-electron chi connectivity index (χ4n) is 4.18. The summed E-state index contributed by atoms with van der Waals surface area (Å²) in [6.07, 6.45) is 4.39. The van der Waals surface area contributed by atoms with Crippen LogP contribution in [-0.4, -0.2) is 9.97 Å². The van der Waals surface area contributed by atoms with Gasteiger partial charge < -0.3 is 0 Å². The maximum Gasteiger partial charge on any atom is 0.124 e. The van der Waals surface area contributed by atoms with Crippen LogP contribution in [0.2, 0.25) is 0 Å². The van der Waals surface area contributed by atoms with Gasteiger partial charge in [0.1, 0.15) is 10.0 Å². The van der Waals surface area contributed by atoms with Gasteiger partial charge in [-0.1, -0.05) is 67.6 Å². The molecule has 0 saturated carbocycles. The van der Waals surface area contributed by atoms with E-state index in [-0.39, 0.29) is 0 Å². The number of hydrogen-bond acceptors (Lipinski definition) is 4. The molecular formula is C26H24N2S2. The highest BCUT2D eigenvalue weighted by atomic mass is 32.1. The molecule has 0 fully saturated rings. The molecule has 150 valence electrons. The lowest BCUT2D eigenvalue weighted by Crippen LogP contribution is -1.92. The van der Waals surface area contributed by atoms with Gasteiger partial charge >= 0.3 is 0 Å². The van der Waals surface area contributed by atoms with Gasteiger partial charge in [0, 0.05) is 20.9 Å². The van der Waals surface area contributed by atoms with E-state index in [4.69, 9.17) is 9.97 Å². The van der Waals surface area contributed by atoms with Gasteiger partial charge in [0.05, 0.1) is 11.4 Å². The first-order valence-corrected chi connectivity index (χ1v) is 12.2. The summed E-state index contributed by atoms with van der Waals surface area (Å²) in [5.74, 6) is 0. The van der Waals surface area contributed by atoms with E-state index in [1.54, 1.807) is 11.3 Å². The van der Waals surface area contributed by atoms with Crippen LogP contribution in [0.1, 0.15) is 47.3 Å². The van der Waals surface area contributed by atoms with Crippen molar-refractivity contribution in [2.75, 3.05) is 0 Å². The van der Waals surface area contributed by atoms with Crippen LogP contribution in [0.15, 0.2) is 60.7 Å². The van der Waals surface area contributed by atoms with Crippen molar-refractivity contribution in [3.8, 4) is 21.1 Å². The van der Waals surface area contributed by atoms with E-state index < -0.39 is 0 Å². The van der Waals surface area contributed by atoms with Gasteiger partial charge in [-0.05, 0) is 43.8 Å². The van der Waals surface area contributed by atoms with Crippen LogP contribution in [0.4, 0.5) is 0 Å². The van der Waals surface area contributed by atoms with Gasteiger partial charge in [-0.25, -0.2) is 9.97 Å². The van der Waals surface area contributed by atoms with E-state index in [0.29, 0.717) is 0 Å². The van der Waals surface area contributed by atoms with Crippen LogP contribution in [0.25, 0.3) is 32.3 Å². The van der Waals surface area contributed by atoms with Crippen molar-refractivity contribution in [1.29, 1.82) is 0 Å². The standard InChI is InChI=1S/C26H24N2S2/c1-3-22-24(28-26(30-22)19-13-8-5-9-14-19)21-16-10-15-20(21)23-17(2)29-25(27-23)18-11-6-4-7-12-18/h4-9,11-14H,3,10,15-16H2,1-2H3. The molecule has 0 unspecified atom stereocenters. The fourth-order valence-corrected chi connectivity index (χ4v) is 6.16. The number of rotatable bonds is 5. The first-order chi connectivity index (χ1) is 14.7. The first-order valence-electron chi connectivity index (χ1n) is 10.6. The minimum atomic E-state index is 1.02. The molecule has 0 radical (unpaired) electrons. The minimum Gasteiger partial charge on any atom is -0.236 e. The van der Waals surface area contributed by atoms with Crippen LogP contribution in [-0.2, 0) is 6.42 Å². The second kappa shape index (κ2) is 8.29. The van der Waals surface area contributed by atoms with Crippen molar-refractivity contribution in [2.24, 2.45) is 0 Å². The highest BCUT2D eigenvalue weighted by Crippen LogP contribution is 2.45. The molecule has 0 spiro atoms. The third-order valence-electron chi connectivity index (χ3n) is 5.65. The molecule has 2 nitrogen and oxygen atoms in total. The van der Waals surface area contributed by atoms with Crippen LogP contribution in [0, 0.1) is 6.92 Å². The number of allylic oxidation sites excluding steroid dienone is 2. The number of thiazole rings is 2. The molecule has 2 heterocycles. The summed E-state index contributed by atoms with van der Waals surface area (Å²) in [5, 5.41) is 2.24. The summed E-state index contributed by atoms with van der Waals surface area (Å²) >= 11 is 3.64. The van der Waals surface area contributed by atoms with Crippen LogP contribution in [0.5, 0.6) is 0 Å². The van der Waals surface area contributed by atoms with Gasteiger partial charge in [-0.15, -0.1) is 22.7 Å². The van der Waals surface area contributed by atoms with Gasteiger partial charge in [0.2, 0.25) is 0 Å². The third-order valence-corrected chi connectivity index (χ3v) is 7.91. The Morgan fingerprint density at radius 3 is 1.87 bits per heavy atom. The fraction of sp³-hybridized carbons (Fsp3) is 0.231. The lowest BCUT2D eigenvalue weighted by Gasteiger charge is -2.06. The topological polar surface area (TPSA) is 25.8 Å². The van der Waals surface area contributed by atoms with E-state index in [9.17, 15) is 0 Å². The second-order valence-electron chi connectivity index (χ2n) is 7.61. The van der Waals surface area contributed by atoms with Crippen LogP contribution >= 0.6 is 22.7 Å². The summed E-state index contributed by atoms with van der Waals surface area (Å²) in [6.45, 7) is 4.45. The van der Waals surface area contributed by atoms with E-state index >= 15 is 0 Å². The Kier molecular flexibility index (Phi) is 5.36. The molecule has 0 atom stereocenters. The van der Waals surface area contributed by atoms with Gasteiger partial charge in [0.15, 0.2) is 0 Å². The van der Waals surface area contributed by atoms with Crippen molar-refractivity contribution < 1.29 is 0 Å². The zero-order valence-corrected chi connectivity index (χ0v) is 18.9. The second-order valence-corrected chi connectivity index (χ2v) is 9.90. The molecule has 0 aliphatic heterocycles. The molecule has 1 aliphatic carbocycles. The number of hydrogen-bond donors (Lipinski definition) is 0. The molecule has 30 heavy (non-hydrogen) atoms. The van der Waals surface area contributed by atoms with Crippen molar-refractivity contribution in [2.45, 2.75) is 39.5 Å². The van der Waals surface area contributed by atoms with Gasteiger partial charge in [-0.2, -0.15) is 0 Å². The Balaban J connectivity index is 1.60. The number of benzene rings is 2. The molecule has 2 aromatic heterocycles. The quantitative estimate of drug-likeness (QED) is 0.323. The van der Waals surface area contributed by atoms with Gasteiger partial charge in [0.25, 0.3) is 0 Å². The predicted octanol–water partition coefficient (Wildman–Crippen LogP) is 7.90. The molecule has 1 aliphatic rings. The van der Waals surface area contributed by atoms with E-state index in [1.165, 1.54) is 49.8 Å². The predicted molar refractivity (Wildman–Crippen MR) is 130 cm³/mol. The van der Waals surface area contributed by atoms with Crippen molar-refractivity contribution >= 4 is 33.8 Å². The smallest absolute Gasteiger partial charge is 0.124 e. The lowest BCUT2D eigenvalue weighted by atomic mass is 10.0. The maximum absolute atomic E-state index is 5.14. The van der Waals surface area contributed by atoms with E-state index in [0.717, 1.165) is 29.3 Å². The Hall–Kier alpha value is -2.56. The molecule has 0 N–H and O–H groups in total. The van der Waals surface area contributed by atoms with Crippen LogP contribution < -0.4 is 0 Å². The summed E-state index contributed by atoms with van der Waals surface area (Å²) in [5.41, 5.74) is 7.63. The zero-order valence-electron chi connectivity index (χ0n) is 17.3. The molecule has 2 aromatic carbocycles. The molecule has 0 amide bonds. The molecular weight excluding hydrogens is 404 g/mol. The van der Waals surface area contributed by atoms with Gasteiger partial charge in [-0.3, -0.25) is 0 Å². The summed E-state index contributed by atoms with van der Waals surface area (Å²) in [6, 6.07) is 21.1. The lowest BCUT2D eigenvalue weighted by molar-refractivity contribution is 0.935. The monoisotopic (exact) mass is 428 g/mol. The largest absolute Gasteiger partial charge is 0.236 e. The highest BCUT2D eigenvalue weighted by molar-refractivity contribution is 7.15. The number of aromatic nitrogens is 2. The van der Waals surface area contributed by atoms with Crippen molar-refractivity contribution in [3.63, 3.8) is 0 Å². The Morgan fingerprint density at radius 2 is 1.27 bits per heavy atom. The van der Waals surface area contributed by atoms with E-state index in [1.807, 2.05) is 11.3 Å². The summed E-state index contributed by atoms with van der Waals surface area (Å²) in [4.78, 5) is 12.9. The molecule has 4 aromatic rings. The minimum absolute atomic E-state index is 1.02. The van der Waals surface area contributed by atoms with Crippen LogP contribution in [0.3, 0.4) is 0 Å². The normalized spacial score (nSPS) is 13.9. The average molecular weight is 429 g/mol. The SMILES string of the molecule is CCc1sc(-c2ccccc2)nc1C1=C(c2nc(-c3ccccc3)sc2C)CCC1. The number of nitrogens with zero attached hydrogens (tertiary/aromatic N) is 2. The first kappa shape index (κ1) is 19.4. The average Bonchev–Trinajstić information content (AvgIpc) is 3.52. The molecule has 0 saturated heterocycles. The van der Waals surface area contributed by atoms with E-state index in [2.05, 4.69) is 74.5 Å². The third kappa shape index (κ3) is 3.55. The molecule has 0 bridgehead atoms. The highest BCUT2D eigenvalue weighted by Gasteiger charge is 2.26. The Morgan fingerprint density at radius 1 is 0.733 bits per heavy atom. The summed E-state index contributed by atoms with van der Waals surface area (Å²) < 4.78 is 0. The zero-order chi connectivity index (χ0) is 20.5.